The first kappa shape index (κ1) is 22.9. The lowest BCUT2D eigenvalue weighted by Gasteiger charge is -2.13. The lowest BCUT2D eigenvalue weighted by molar-refractivity contribution is -0.238. The molecule has 0 aliphatic carbocycles. The van der Waals surface area contributed by atoms with Crippen LogP contribution in [0.25, 0.3) is 0 Å². The van der Waals surface area contributed by atoms with E-state index >= 15 is 0 Å². The van der Waals surface area contributed by atoms with Crippen LogP contribution in [0.15, 0.2) is 0 Å². The molecule has 0 amide bonds. The minimum absolute atomic E-state index is 0. The van der Waals surface area contributed by atoms with Crippen LogP contribution >= 0.6 is 21.0 Å². The van der Waals surface area contributed by atoms with E-state index in [1.54, 1.807) is 0 Å². The van der Waals surface area contributed by atoms with Gasteiger partial charge in [0.15, 0.2) is 0 Å². The van der Waals surface area contributed by atoms with Crippen LogP contribution in [0.1, 0.15) is 84.0 Å². The summed E-state index contributed by atoms with van der Waals surface area (Å²) >= 11 is 0. The fourth-order valence-electron chi connectivity index (χ4n) is 2.22. The summed E-state index contributed by atoms with van der Waals surface area (Å²) in [6, 6.07) is 0. The summed E-state index contributed by atoms with van der Waals surface area (Å²) in [6.07, 6.45) is 16.3. The highest BCUT2D eigenvalue weighted by Gasteiger charge is 2.15. The van der Waals surface area contributed by atoms with Gasteiger partial charge in [0.1, 0.15) is 0 Å². The highest BCUT2D eigenvalue weighted by Crippen LogP contribution is 2.25. The van der Waals surface area contributed by atoms with E-state index in [1.807, 2.05) is 0 Å². The molecule has 0 spiro atoms. The highest BCUT2D eigenvalue weighted by atomic mass is 35.5. The number of halogens is 1. The fraction of sp³-hybridized carbons (Fsp3) is 1.00. The topological polar surface area (TPSA) is 60.7 Å². The molecule has 3 nitrogen and oxygen atoms in total. The number of rotatable bonds is 14. The molecule has 0 aliphatic rings. The Hall–Kier alpha value is 0.600. The van der Waals surface area contributed by atoms with Crippen LogP contribution in [-0.2, 0) is 0 Å². The van der Waals surface area contributed by atoms with Gasteiger partial charge >= 0.3 is 0 Å². The normalized spacial score (nSPS) is 12.0. The van der Waals surface area contributed by atoms with Crippen molar-refractivity contribution < 1.29 is 15.3 Å². The molecule has 0 aromatic heterocycles. The molecular weight excluding hydrogens is 295 g/mol. The molecule has 1 atom stereocenters. The van der Waals surface area contributed by atoms with Crippen molar-refractivity contribution in [1.82, 2.24) is 0 Å². The summed E-state index contributed by atoms with van der Waals surface area (Å²) in [4.78, 5) is 0. The molecule has 0 rings (SSSR count). The monoisotopic (exact) mass is 328 g/mol. The van der Waals surface area contributed by atoms with Gasteiger partial charge in [-0.3, -0.25) is 0 Å². The van der Waals surface area contributed by atoms with Crippen LogP contribution in [-0.4, -0.2) is 27.2 Å². The quantitative estimate of drug-likeness (QED) is 0.252. The van der Waals surface area contributed by atoms with Gasteiger partial charge in [-0.2, -0.15) is 0 Å². The molecular formula is C15H34ClO3P. The zero-order valence-electron chi connectivity index (χ0n) is 12.9. The van der Waals surface area contributed by atoms with Gasteiger partial charge in [-0.1, -0.05) is 77.6 Å². The SMILES string of the molecule is CCCCCCCCCCCCCCPC(O)(O)O.Cl. The van der Waals surface area contributed by atoms with Gasteiger partial charge in [0.2, 0.25) is 0 Å². The van der Waals surface area contributed by atoms with Gasteiger partial charge in [0.25, 0.3) is 5.71 Å². The van der Waals surface area contributed by atoms with Gasteiger partial charge in [-0.05, 0) is 21.2 Å². The van der Waals surface area contributed by atoms with Gasteiger partial charge in [0, 0.05) is 0 Å². The summed E-state index contributed by atoms with van der Waals surface area (Å²) < 4.78 is 0. The Labute approximate surface area is 132 Å². The van der Waals surface area contributed by atoms with Gasteiger partial charge in [0.05, 0.1) is 0 Å². The molecule has 0 heterocycles. The molecule has 124 valence electrons. The number of hydrogen-bond donors (Lipinski definition) is 3. The first-order valence-electron chi connectivity index (χ1n) is 7.98. The second-order valence-corrected chi connectivity index (χ2v) is 6.98. The first-order chi connectivity index (χ1) is 9.06. The van der Waals surface area contributed by atoms with Crippen LogP contribution in [0, 0.1) is 0 Å². The fourth-order valence-corrected chi connectivity index (χ4v) is 2.98. The average Bonchev–Trinajstić information content (AvgIpc) is 2.34. The molecule has 3 N–H and O–H groups in total. The van der Waals surface area contributed by atoms with Crippen molar-refractivity contribution in [2.75, 3.05) is 6.16 Å². The zero-order chi connectivity index (χ0) is 14.4. The van der Waals surface area contributed by atoms with E-state index in [4.69, 9.17) is 15.3 Å². The minimum atomic E-state index is -2.43. The Morgan fingerprint density at radius 3 is 1.35 bits per heavy atom. The van der Waals surface area contributed by atoms with E-state index in [0.29, 0.717) is 6.16 Å². The molecule has 0 saturated carbocycles. The lowest BCUT2D eigenvalue weighted by atomic mass is 10.1. The molecule has 5 heteroatoms. The number of aliphatic hydroxyl groups is 3. The van der Waals surface area contributed by atoms with Crippen molar-refractivity contribution in [3.05, 3.63) is 0 Å². The second kappa shape index (κ2) is 16.0. The molecule has 0 aromatic rings. The molecule has 0 bridgehead atoms. The molecule has 0 radical (unpaired) electrons. The van der Waals surface area contributed by atoms with E-state index in [9.17, 15) is 0 Å². The Balaban J connectivity index is 0. The number of unbranched alkanes of at least 4 members (excludes halogenated alkanes) is 11. The molecule has 0 aliphatic heterocycles. The van der Waals surface area contributed by atoms with Gasteiger partial charge in [-0.15, -0.1) is 12.4 Å². The maximum absolute atomic E-state index is 8.72. The van der Waals surface area contributed by atoms with Crippen molar-refractivity contribution in [2.24, 2.45) is 0 Å². The van der Waals surface area contributed by atoms with Crippen molar-refractivity contribution in [3.63, 3.8) is 0 Å². The maximum atomic E-state index is 8.72. The summed E-state index contributed by atoms with van der Waals surface area (Å²) in [7, 11) is -0.180. The maximum Gasteiger partial charge on any atom is 0.290 e. The molecule has 20 heavy (non-hydrogen) atoms. The third-order valence-corrected chi connectivity index (χ3v) is 4.47. The first-order valence-corrected chi connectivity index (χ1v) is 9.19. The van der Waals surface area contributed by atoms with E-state index in [0.717, 1.165) is 12.8 Å². The average molecular weight is 329 g/mol. The largest absolute Gasteiger partial charge is 0.340 e. The van der Waals surface area contributed by atoms with Crippen LogP contribution in [0.3, 0.4) is 0 Å². The lowest BCUT2D eigenvalue weighted by Crippen LogP contribution is -2.20. The summed E-state index contributed by atoms with van der Waals surface area (Å²) in [6.45, 7) is 2.25. The van der Waals surface area contributed by atoms with Crippen molar-refractivity contribution in [3.8, 4) is 0 Å². The van der Waals surface area contributed by atoms with Crippen molar-refractivity contribution in [1.29, 1.82) is 0 Å². The standard InChI is InChI=1S/C15H33O3P.ClH/c1-2-3-4-5-6-7-8-9-10-11-12-13-14-19-15(16,17)18;/h16-19H,2-14H2,1H3;1H. The summed E-state index contributed by atoms with van der Waals surface area (Å²) in [5, 5.41) is 26.2. The Bertz CT molecular complexity index is 186. The van der Waals surface area contributed by atoms with Crippen LogP contribution < -0.4 is 0 Å². The van der Waals surface area contributed by atoms with E-state index in [2.05, 4.69) is 6.92 Å². The summed E-state index contributed by atoms with van der Waals surface area (Å²) in [5.74, 6) is 0. The van der Waals surface area contributed by atoms with Crippen molar-refractivity contribution in [2.45, 2.75) is 89.7 Å². The third kappa shape index (κ3) is 20.9. The predicted octanol–water partition coefficient (Wildman–Crippen LogP) is 4.38. The minimum Gasteiger partial charge on any atom is -0.340 e. The number of hydrogen-bond acceptors (Lipinski definition) is 3. The Morgan fingerprint density at radius 2 is 1.00 bits per heavy atom. The molecule has 0 fully saturated rings. The third-order valence-electron chi connectivity index (χ3n) is 3.39. The van der Waals surface area contributed by atoms with Crippen molar-refractivity contribution >= 4 is 21.0 Å². The summed E-state index contributed by atoms with van der Waals surface area (Å²) in [5.41, 5.74) is -2.43. The highest BCUT2D eigenvalue weighted by molar-refractivity contribution is 7.39. The Morgan fingerprint density at radius 1 is 0.650 bits per heavy atom. The van der Waals surface area contributed by atoms with Crippen LogP contribution in [0.2, 0.25) is 0 Å². The van der Waals surface area contributed by atoms with Crippen LogP contribution in [0.5, 0.6) is 0 Å². The predicted molar refractivity (Wildman–Crippen MR) is 90.9 cm³/mol. The van der Waals surface area contributed by atoms with Gasteiger partial charge < -0.3 is 15.3 Å². The van der Waals surface area contributed by atoms with E-state index in [1.165, 1.54) is 64.2 Å². The second-order valence-electron chi connectivity index (χ2n) is 5.45. The Kier molecular flexibility index (Phi) is 18.3. The molecule has 1 unspecified atom stereocenters. The molecule has 0 aromatic carbocycles. The van der Waals surface area contributed by atoms with E-state index in [-0.39, 0.29) is 21.0 Å². The molecule has 0 saturated heterocycles. The smallest absolute Gasteiger partial charge is 0.290 e. The van der Waals surface area contributed by atoms with Gasteiger partial charge in [-0.25, -0.2) is 0 Å². The van der Waals surface area contributed by atoms with E-state index < -0.39 is 5.71 Å². The zero-order valence-corrected chi connectivity index (χ0v) is 14.8. The van der Waals surface area contributed by atoms with Crippen LogP contribution in [0.4, 0.5) is 0 Å².